The van der Waals surface area contributed by atoms with Crippen LogP contribution in [0.1, 0.15) is 38.3 Å². The van der Waals surface area contributed by atoms with E-state index in [1.807, 2.05) is 0 Å². The van der Waals surface area contributed by atoms with E-state index in [9.17, 15) is 9.59 Å². The van der Waals surface area contributed by atoms with Crippen LogP contribution >= 0.6 is 22.7 Å². The first-order valence-corrected chi connectivity index (χ1v) is 9.19. The largest absolute Gasteiger partial charge is 0.462 e. The van der Waals surface area contributed by atoms with E-state index in [4.69, 9.17) is 15.2 Å². The molecule has 3 aromatic heterocycles. The van der Waals surface area contributed by atoms with Crippen molar-refractivity contribution in [1.82, 2.24) is 9.97 Å². The molecule has 0 atom stereocenters. The lowest BCUT2D eigenvalue weighted by molar-refractivity contribution is 0.0462. The van der Waals surface area contributed by atoms with Crippen molar-refractivity contribution in [2.24, 2.45) is 0 Å². The zero-order valence-electron chi connectivity index (χ0n) is 13.6. The third-order valence-corrected chi connectivity index (χ3v) is 5.26. The second-order valence-corrected chi connectivity index (χ2v) is 6.85. The third kappa shape index (κ3) is 3.47. The minimum absolute atomic E-state index is 0.0967. The lowest BCUT2D eigenvalue weighted by atomic mass is 10.2. The predicted octanol–water partition coefficient (Wildman–Crippen LogP) is 3.18. The Bertz CT molecular complexity index is 935. The van der Waals surface area contributed by atoms with Crippen molar-refractivity contribution in [2.45, 2.75) is 20.5 Å². The fourth-order valence-corrected chi connectivity index (χ4v) is 3.99. The number of carbonyl (C=O) groups excluding carboxylic acids is 2. The molecule has 25 heavy (non-hydrogen) atoms. The zero-order valence-corrected chi connectivity index (χ0v) is 15.2. The van der Waals surface area contributed by atoms with Crippen LogP contribution in [-0.2, 0) is 16.1 Å². The lowest BCUT2D eigenvalue weighted by Crippen LogP contribution is -2.07. The fraction of sp³-hybridized carbons (Fsp3) is 0.250. The first-order chi connectivity index (χ1) is 12.0. The van der Waals surface area contributed by atoms with Gasteiger partial charge in [0.15, 0.2) is 12.4 Å². The van der Waals surface area contributed by atoms with Gasteiger partial charge in [-0.05, 0) is 30.9 Å². The van der Waals surface area contributed by atoms with E-state index < -0.39 is 11.9 Å². The molecule has 3 aromatic rings. The number of hydrogen-bond acceptors (Lipinski definition) is 9. The van der Waals surface area contributed by atoms with Crippen LogP contribution in [0.4, 0.5) is 5.82 Å². The normalized spacial score (nSPS) is 10.8. The van der Waals surface area contributed by atoms with E-state index in [2.05, 4.69) is 9.97 Å². The zero-order chi connectivity index (χ0) is 18.0. The summed E-state index contributed by atoms with van der Waals surface area (Å²) < 4.78 is 10.2. The van der Waals surface area contributed by atoms with E-state index in [0.29, 0.717) is 26.2 Å². The summed E-state index contributed by atoms with van der Waals surface area (Å²) in [6.07, 6.45) is 0. The van der Waals surface area contributed by atoms with Gasteiger partial charge in [0.1, 0.15) is 15.5 Å². The van der Waals surface area contributed by atoms with E-state index in [1.54, 1.807) is 30.7 Å². The maximum Gasteiger partial charge on any atom is 0.348 e. The van der Waals surface area contributed by atoms with Gasteiger partial charge in [0.05, 0.1) is 17.6 Å². The summed E-state index contributed by atoms with van der Waals surface area (Å²) in [5, 5.41) is 4.12. The van der Waals surface area contributed by atoms with Crippen molar-refractivity contribution < 1.29 is 19.1 Å². The molecule has 130 valence electrons. The van der Waals surface area contributed by atoms with E-state index in [1.165, 1.54) is 22.7 Å². The highest BCUT2D eigenvalue weighted by atomic mass is 32.1. The predicted molar refractivity (Wildman–Crippen MR) is 96.0 cm³/mol. The van der Waals surface area contributed by atoms with E-state index in [0.717, 1.165) is 0 Å². The number of nitrogens with two attached hydrogens (primary N) is 1. The summed E-state index contributed by atoms with van der Waals surface area (Å²) in [6.45, 7) is 3.72. The number of nitrogens with zero attached hydrogens (tertiary/aromatic N) is 2. The van der Waals surface area contributed by atoms with Crippen LogP contribution in [0.3, 0.4) is 0 Å². The van der Waals surface area contributed by atoms with Crippen molar-refractivity contribution in [2.75, 3.05) is 12.3 Å². The number of ether oxygens (including phenoxy) is 2. The molecule has 0 bridgehead atoms. The standard InChI is InChI=1S/C16H15N3O4S2/c1-3-22-16(21)12-8(2)11-13(17)18-10(19-14(11)25-12)6-23-15(20)9-4-5-24-7-9/h4-5,7H,3,6H2,1-2H3,(H2,17,18,19). The van der Waals surface area contributed by atoms with Crippen molar-refractivity contribution in [3.63, 3.8) is 0 Å². The molecule has 0 fully saturated rings. The van der Waals surface area contributed by atoms with Crippen molar-refractivity contribution in [3.8, 4) is 0 Å². The minimum Gasteiger partial charge on any atom is -0.462 e. The lowest BCUT2D eigenvalue weighted by Gasteiger charge is -2.04. The van der Waals surface area contributed by atoms with Gasteiger partial charge in [-0.25, -0.2) is 19.6 Å². The summed E-state index contributed by atoms with van der Waals surface area (Å²) in [7, 11) is 0. The quantitative estimate of drug-likeness (QED) is 0.681. The first-order valence-electron chi connectivity index (χ1n) is 7.43. The highest BCUT2D eigenvalue weighted by molar-refractivity contribution is 7.20. The molecule has 3 heterocycles. The molecule has 2 N–H and O–H groups in total. The first kappa shape index (κ1) is 17.3. The Balaban J connectivity index is 1.86. The molecule has 0 saturated carbocycles. The number of aryl methyl sites for hydroxylation is 1. The number of anilines is 1. The van der Waals surface area contributed by atoms with Gasteiger partial charge in [0.2, 0.25) is 0 Å². The number of nitrogen functional groups attached to an aromatic ring is 1. The van der Waals surface area contributed by atoms with Gasteiger partial charge in [-0.1, -0.05) is 0 Å². The van der Waals surface area contributed by atoms with Gasteiger partial charge in [0.25, 0.3) is 0 Å². The maximum atomic E-state index is 12.0. The molecule has 0 aliphatic carbocycles. The van der Waals surface area contributed by atoms with Crippen molar-refractivity contribution in [3.05, 3.63) is 38.7 Å². The third-order valence-electron chi connectivity index (χ3n) is 3.41. The summed E-state index contributed by atoms with van der Waals surface area (Å²) in [5.74, 6) is -0.327. The van der Waals surface area contributed by atoms with Crippen LogP contribution in [0.5, 0.6) is 0 Å². The van der Waals surface area contributed by atoms with Crippen molar-refractivity contribution >= 4 is 50.6 Å². The molecule has 0 amide bonds. The molecule has 0 unspecified atom stereocenters. The Labute approximate surface area is 151 Å². The van der Waals surface area contributed by atoms with Gasteiger partial charge in [-0.15, -0.1) is 11.3 Å². The van der Waals surface area contributed by atoms with Gasteiger partial charge in [-0.3, -0.25) is 0 Å². The highest BCUT2D eigenvalue weighted by Gasteiger charge is 2.20. The molecule has 0 aliphatic heterocycles. The Hall–Kier alpha value is -2.52. The fourth-order valence-electron chi connectivity index (χ4n) is 2.27. The minimum atomic E-state index is -0.446. The highest BCUT2D eigenvalue weighted by Crippen LogP contribution is 2.33. The van der Waals surface area contributed by atoms with Gasteiger partial charge in [-0.2, -0.15) is 11.3 Å². The van der Waals surface area contributed by atoms with Crippen LogP contribution in [0.15, 0.2) is 16.8 Å². The number of esters is 2. The molecule has 0 radical (unpaired) electrons. The number of hydrogen-bond donors (Lipinski definition) is 1. The molecule has 9 heteroatoms. The summed E-state index contributed by atoms with van der Waals surface area (Å²) in [6, 6.07) is 1.68. The Morgan fingerprint density at radius 2 is 2.04 bits per heavy atom. The average Bonchev–Trinajstić information content (AvgIpc) is 3.21. The monoisotopic (exact) mass is 377 g/mol. The SMILES string of the molecule is CCOC(=O)c1sc2nc(COC(=O)c3ccsc3)nc(N)c2c1C. The van der Waals surface area contributed by atoms with Gasteiger partial charge in [0, 0.05) is 5.38 Å². The van der Waals surface area contributed by atoms with E-state index >= 15 is 0 Å². The molecule has 0 saturated heterocycles. The average molecular weight is 377 g/mol. The Kier molecular flexibility index (Phi) is 4.95. The Morgan fingerprint density at radius 3 is 2.72 bits per heavy atom. The van der Waals surface area contributed by atoms with Crippen LogP contribution in [-0.4, -0.2) is 28.5 Å². The van der Waals surface area contributed by atoms with Crippen LogP contribution in [0.25, 0.3) is 10.2 Å². The summed E-state index contributed by atoms with van der Waals surface area (Å²) in [4.78, 5) is 33.4. The van der Waals surface area contributed by atoms with Crippen LogP contribution in [0.2, 0.25) is 0 Å². The van der Waals surface area contributed by atoms with Crippen LogP contribution < -0.4 is 5.73 Å². The smallest absolute Gasteiger partial charge is 0.348 e. The summed E-state index contributed by atoms with van der Waals surface area (Å²) in [5.41, 5.74) is 7.19. The molecule has 0 aromatic carbocycles. The topological polar surface area (TPSA) is 104 Å². The van der Waals surface area contributed by atoms with Gasteiger partial charge < -0.3 is 15.2 Å². The number of carbonyl (C=O) groups is 2. The number of fused-ring (bicyclic) bond motifs is 1. The Morgan fingerprint density at radius 1 is 1.24 bits per heavy atom. The van der Waals surface area contributed by atoms with Gasteiger partial charge >= 0.3 is 11.9 Å². The molecular weight excluding hydrogens is 362 g/mol. The van der Waals surface area contributed by atoms with Crippen LogP contribution in [0, 0.1) is 6.92 Å². The number of thiophene rings is 2. The second kappa shape index (κ2) is 7.16. The number of rotatable bonds is 5. The molecular formula is C16H15N3O4S2. The van der Waals surface area contributed by atoms with E-state index in [-0.39, 0.29) is 24.9 Å². The van der Waals surface area contributed by atoms with Crippen molar-refractivity contribution in [1.29, 1.82) is 0 Å². The molecule has 0 spiro atoms. The second-order valence-electron chi connectivity index (χ2n) is 5.07. The summed E-state index contributed by atoms with van der Waals surface area (Å²) >= 11 is 2.60. The molecule has 0 aliphatic rings. The molecule has 3 rings (SSSR count). The molecule has 7 nitrogen and oxygen atoms in total. The number of aromatic nitrogens is 2. The maximum absolute atomic E-state index is 12.0.